The Hall–Kier alpha value is -2.07. The van der Waals surface area contributed by atoms with Gasteiger partial charge < -0.3 is 10.8 Å². The number of aromatic nitrogens is 1. The normalized spacial score (nSPS) is 10.6. The van der Waals surface area contributed by atoms with Gasteiger partial charge >= 0.3 is 0 Å². The number of benzene rings is 1. The van der Waals surface area contributed by atoms with Crippen LogP contribution in [0.1, 0.15) is 17.5 Å². The molecule has 1 aromatic carbocycles. The molecule has 19 heavy (non-hydrogen) atoms. The monoisotopic (exact) mass is 258 g/mol. The quantitative estimate of drug-likeness (QED) is 0.819. The van der Waals surface area contributed by atoms with Gasteiger partial charge in [-0.3, -0.25) is 9.36 Å². The number of nitrogens with two attached hydrogens (primary N) is 1. The van der Waals surface area contributed by atoms with Crippen LogP contribution < -0.4 is 11.3 Å². The molecule has 4 nitrogen and oxygen atoms in total. The van der Waals surface area contributed by atoms with Gasteiger partial charge in [-0.05, 0) is 49.6 Å². The van der Waals surface area contributed by atoms with Crippen LogP contribution in [0.5, 0.6) is 0 Å². The second kappa shape index (κ2) is 5.71. The Balaban J connectivity index is 2.48. The molecule has 0 aliphatic carbocycles. The molecule has 0 atom stereocenters. The molecule has 3 N–H and O–H groups in total. The van der Waals surface area contributed by atoms with E-state index in [0.717, 1.165) is 11.3 Å². The molecule has 4 heteroatoms. The highest BCUT2D eigenvalue weighted by molar-refractivity contribution is 5.51. The van der Waals surface area contributed by atoms with Gasteiger partial charge in [0.1, 0.15) is 0 Å². The van der Waals surface area contributed by atoms with Crippen LogP contribution in [0.2, 0.25) is 0 Å². The first-order valence-corrected chi connectivity index (χ1v) is 6.31. The minimum Gasteiger partial charge on any atom is -0.399 e. The standard InChI is InChI=1S/C15H18N2O2/c1-11-10-13(16)6-7-14(11)17-8-2-4-12(15(17)19)5-3-9-18/h2,4,6-8,10,18H,3,5,9,16H2,1H3. The Morgan fingerprint density at radius 3 is 2.79 bits per heavy atom. The lowest BCUT2D eigenvalue weighted by molar-refractivity contribution is 0.288. The second-order valence-electron chi connectivity index (χ2n) is 4.58. The Bertz CT molecular complexity index is 632. The van der Waals surface area contributed by atoms with Crippen molar-refractivity contribution in [1.29, 1.82) is 0 Å². The second-order valence-corrected chi connectivity index (χ2v) is 4.58. The number of aliphatic hydroxyl groups excluding tert-OH is 1. The Labute approximate surface area is 112 Å². The summed E-state index contributed by atoms with van der Waals surface area (Å²) < 4.78 is 1.63. The number of pyridine rings is 1. The predicted octanol–water partition coefficient (Wildman–Crippen LogP) is 1.65. The van der Waals surface area contributed by atoms with Gasteiger partial charge in [-0.2, -0.15) is 0 Å². The molecular weight excluding hydrogens is 240 g/mol. The van der Waals surface area contributed by atoms with Crippen molar-refractivity contribution in [2.45, 2.75) is 19.8 Å². The summed E-state index contributed by atoms with van der Waals surface area (Å²) in [5, 5.41) is 8.86. The minimum absolute atomic E-state index is 0.0381. The lowest BCUT2D eigenvalue weighted by Crippen LogP contribution is -2.22. The number of aryl methyl sites for hydroxylation is 2. The SMILES string of the molecule is Cc1cc(N)ccc1-n1cccc(CCCO)c1=O. The summed E-state index contributed by atoms with van der Waals surface area (Å²) in [6, 6.07) is 9.14. The van der Waals surface area contributed by atoms with E-state index in [1.165, 1.54) is 0 Å². The third kappa shape index (κ3) is 2.85. The molecule has 2 rings (SSSR count). The van der Waals surface area contributed by atoms with Crippen LogP contribution in [0.3, 0.4) is 0 Å². The van der Waals surface area contributed by atoms with Crippen molar-refractivity contribution < 1.29 is 5.11 Å². The van der Waals surface area contributed by atoms with Gasteiger partial charge in [-0.25, -0.2) is 0 Å². The predicted molar refractivity (Wildman–Crippen MR) is 76.6 cm³/mol. The van der Waals surface area contributed by atoms with E-state index >= 15 is 0 Å². The van der Waals surface area contributed by atoms with Gasteiger partial charge in [0, 0.05) is 24.1 Å². The lowest BCUT2D eigenvalue weighted by Gasteiger charge is -2.11. The van der Waals surface area contributed by atoms with Crippen LogP contribution in [0, 0.1) is 6.92 Å². The molecule has 100 valence electrons. The fourth-order valence-corrected chi connectivity index (χ4v) is 2.14. The first kappa shape index (κ1) is 13.4. The molecule has 0 unspecified atom stereocenters. The van der Waals surface area contributed by atoms with Crippen molar-refractivity contribution in [3.8, 4) is 5.69 Å². The van der Waals surface area contributed by atoms with E-state index in [-0.39, 0.29) is 12.2 Å². The van der Waals surface area contributed by atoms with Gasteiger partial charge in [-0.15, -0.1) is 0 Å². The smallest absolute Gasteiger partial charge is 0.258 e. The zero-order valence-corrected chi connectivity index (χ0v) is 11.0. The molecule has 1 heterocycles. The Morgan fingerprint density at radius 1 is 1.32 bits per heavy atom. The molecule has 0 saturated heterocycles. The van der Waals surface area contributed by atoms with Crippen molar-refractivity contribution in [2.75, 3.05) is 12.3 Å². The summed E-state index contributed by atoms with van der Waals surface area (Å²) in [7, 11) is 0. The summed E-state index contributed by atoms with van der Waals surface area (Å²) in [5.74, 6) is 0. The molecule has 0 fully saturated rings. The third-order valence-electron chi connectivity index (χ3n) is 3.11. The maximum absolute atomic E-state index is 12.4. The van der Waals surface area contributed by atoms with E-state index in [0.29, 0.717) is 24.1 Å². The Morgan fingerprint density at radius 2 is 2.11 bits per heavy atom. The first-order chi connectivity index (χ1) is 9.13. The summed E-state index contributed by atoms with van der Waals surface area (Å²) >= 11 is 0. The molecule has 0 spiro atoms. The molecule has 0 aliphatic heterocycles. The van der Waals surface area contributed by atoms with Crippen LogP contribution in [0.15, 0.2) is 41.3 Å². The molecule has 0 amide bonds. The number of nitrogens with zero attached hydrogens (tertiary/aromatic N) is 1. The van der Waals surface area contributed by atoms with Crippen molar-refractivity contribution in [3.05, 3.63) is 58.0 Å². The van der Waals surface area contributed by atoms with Gasteiger partial charge in [0.25, 0.3) is 5.56 Å². The fourth-order valence-electron chi connectivity index (χ4n) is 2.14. The van der Waals surface area contributed by atoms with Crippen LogP contribution in [0.25, 0.3) is 5.69 Å². The van der Waals surface area contributed by atoms with Crippen LogP contribution in [-0.4, -0.2) is 16.3 Å². The van der Waals surface area contributed by atoms with Gasteiger partial charge in [-0.1, -0.05) is 6.07 Å². The third-order valence-corrected chi connectivity index (χ3v) is 3.11. The number of anilines is 1. The van der Waals surface area contributed by atoms with E-state index in [4.69, 9.17) is 10.8 Å². The topological polar surface area (TPSA) is 68.2 Å². The maximum Gasteiger partial charge on any atom is 0.258 e. The van der Waals surface area contributed by atoms with Crippen molar-refractivity contribution in [1.82, 2.24) is 4.57 Å². The summed E-state index contributed by atoms with van der Waals surface area (Å²) in [6.07, 6.45) is 2.94. The number of aliphatic hydroxyl groups is 1. The maximum atomic E-state index is 12.4. The van der Waals surface area contributed by atoms with Crippen LogP contribution >= 0.6 is 0 Å². The van der Waals surface area contributed by atoms with Crippen molar-refractivity contribution in [2.24, 2.45) is 0 Å². The number of hydrogen-bond donors (Lipinski definition) is 2. The highest BCUT2D eigenvalue weighted by Crippen LogP contribution is 2.15. The van der Waals surface area contributed by atoms with E-state index in [2.05, 4.69) is 0 Å². The van der Waals surface area contributed by atoms with Gasteiger partial charge in [0.15, 0.2) is 0 Å². The summed E-state index contributed by atoms with van der Waals surface area (Å²) in [6.45, 7) is 2.02. The molecule has 0 radical (unpaired) electrons. The molecule has 0 aliphatic rings. The van der Waals surface area contributed by atoms with E-state index in [1.54, 1.807) is 22.9 Å². The van der Waals surface area contributed by atoms with Gasteiger partial charge in [0.05, 0.1) is 5.69 Å². The number of hydrogen-bond acceptors (Lipinski definition) is 3. The van der Waals surface area contributed by atoms with Crippen molar-refractivity contribution >= 4 is 5.69 Å². The molecule has 1 aromatic heterocycles. The zero-order valence-electron chi connectivity index (χ0n) is 11.0. The highest BCUT2D eigenvalue weighted by atomic mass is 16.2. The van der Waals surface area contributed by atoms with Crippen molar-refractivity contribution in [3.63, 3.8) is 0 Å². The van der Waals surface area contributed by atoms with Gasteiger partial charge in [0.2, 0.25) is 0 Å². The average molecular weight is 258 g/mol. The highest BCUT2D eigenvalue weighted by Gasteiger charge is 2.07. The van der Waals surface area contributed by atoms with Crippen LogP contribution in [-0.2, 0) is 6.42 Å². The molecule has 2 aromatic rings. The minimum atomic E-state index is -0.0381. The van der Waals surface area contributed by atoms with E-state index < -0.39 is 0 Å². The Kier molecular flexibility index (Phi) is 4.02. The fraction of sp³-hybridized carbons (Fsp3) is 0.267. The van der Waals surface area contributed by atoms with E-state index in [9.17, 15) is 4.79 Å². The largest absolute Gasteiger partial charge is 0.399 e. The summed E-state index contributed by atoms with van der Waals surface area (Å²) in [4.78, 5) is 12.4. The average Bonchev–Trinajstić information content (AvgIpc) is 2.38. The molecular formula is C15H18N2O2. The lowest BCUT2D eigenvalue weighted by atomic mass is 10.1. The summed E-state index contributed by atoms with van der Waals surface area (Å²) in [5.41, 5.74) is 8.89. The van der Waals surface area contributed by atoms with Crippen LogP contribution in [0.4, 0.5) is 5.69 Å². The van der Waals surface area contributed by atoms with E-state index in [1.807, 2.05) is 25.1 Å². The number of rotatable bonds is 4. The molecule has 0 saturated carbocycles. The molecule has 0 bridgehead atoms. The number of nitrogen functional groups attached to an aromatic ring is 1. The first-order valence-electron chi connectivity index (χ1n) is 6.31. The zero-order chi connectivity index (χ0) is 13.8.